The Labute approximate surface area is 102 Å². The van der Waals surface area contributed by atoms with Crippen LogP contribution in [-0.4, -0.2) is 11.9 Å². The predicted molar refractivity (Wildman–Crippen MR) is 63.0 cm³/mol. The number of rotatable bonds is 1. The molecule has 1 fully saturated rings. The summed E-state index contributed by atoms with van der Waals surface area (Å²) in [5.41, 5.74) is 2.17. The molecule has 0 aromatic heterocycles. The second kappa shape index (κ2) is 3.29. The van der Waals surface area contributed by atoms with E-state index < -0.39 is 0 Å². The van der Waals surface area contributed by atoms with Crippen molar-refractivity contribution in [3.05, 3.63) is 27.5 Å². The molecule has 1 aromatic rings. The first-order valence-electron chi connectivity index (χ1n) is 5.39. The number of hydrogen-bond donors (Lipinski definition) is 0. The summed E-state index contributed by atoms with van der Waals surface area (Å²) >= 11 is 3.44. The molecule has 1 heterocycles. The van der Waals surface area contributed by atoms with Gasteiger partial charge in [0.2, 0.25) is 5.91 Å². The Morgan fingerprint density at radius 3 is 2.81 bits per heavy atom. The van der Waals surface area contributed by atoms with Crippen molar-refractivity contribution in [2.45, 2.75) is 32.2 Å². The maximum atomic E-state index is 13.9. The Kier molecular flexibility index (Phi) is 2.11. The zero-order chi connectivity index (χ0) is 11.4. The highest BCUT2D eigenvalue weighted by atomic mass is 79.9. The van der Waals surface area contributed by atoms with Crippen LogP contribution in [0.3, 0.4) is 0 Å². The molecule has 1 amide bonds. The van der Waals surface area contributed by atoms with Crippen LogP contribution < -0.4 is 4.90 Å². The van der Waals surface area contributed by atoms with E-state index >= 15 is 0 Å². The maximum Gasteiger partial charge on any atom is 0.231 e. The second-order valence-electron chi connectivity index (χ2n) is 4.49. The fourth-order valence-electron chi connectivity index (χ4n) is 2.31. The first-order valence-corrected chi connectivity index (χ1v) is 6.18. The molecule has 0 atom stereocenters. The van der Waals surface area contributed by atoms with Gasteiger partial charge in [-0.1, -0.05) is 15.9 Å². The SMILES string of the molecule is Cc1cc(F)c2c(c1Br)CC(=O)N2C1CC1. The van der Waals surface area contributed by atoms with E-state index in [9.17, 15) is 9.18 Å². The quantitative estimate of drug-likeness (QED) is 0.776. The van der Waals surface area contributed by atoms with Crippen LogP contribution in [0.4, 0.5) is 10.1 Å². The lowest BCUT2D eigenvalue weighted by molar-refractivity contribution is -0.117. The van der Waals surface area contributed by atoms with Crippen molar-refractivity contribution in [1.82, 2.24) is 0 Å². The molecule has 3 rings (SSSR count). The van der Waals surface area contributed by atoms with E-state index in [-0.39, 0.29) is 17.8 Å². The van der Waals surface area contributed by atoms with Crippen LogP contribution in [0.2, 0.25) is 0 Å². The van der Waals surface area contributed by atoms with Gasteiger partial charge in [0.15, 0.2) is 0 Å². The van der Waals surface area contributed by atoms with Crippen molar-refractivity contribution in [3.63, 3.8) is 0 Å². The summed E-state index contributed by atoms with van der Waals surface area (Å²) in [5, 5.41) is 0. The van der Waals surface area contributed by atoms with Gasteiger partial charge in [0.1, 0.15) is 5.82 Å². The van der Waals surface area contributed by atoms with E-state index in [2.05, 4.69) is 15.9 Å². The predicted octanol–water partition coefficient (Wildman–Crippen LogP) is 2.95. The van der Waals surface area contributed by atoms with E-state index in [0.717, 1.165) is 28.4 Å². The number of hydrogen-bond acceptors (Lipinski definition) is 1. The maximum absolute atomic E-state index is 13.9. The third kappa shape index (κ3) is 1.32. The summed E-state index contributed by atoms with van der Waals surface area (Å²) in [6, 6.07) is 1.73. The summed E-state index contributed by atoms with van der Waals surface area (Å²) in [6.07, 6.45) is 2.32. The summed E-state index contributed by atoms with van der Waals surface area (Å²) in [4.78, 5) is 13.5. The van der Waals surface area contributed by atoms with E-state index in [0.29, 0.717) is 12.1 Å². The van der Waals surface area contributed by atoms with Crippen LogP contribution >= 0.6 is 15.9 Å². The highest BCUT2D eigenvalue weighted by molar-refractivity contribution is 9.10. The van der Waals surface area contributed by atoms with Crippen molar-refractivity contribution in [2.24, 2.45) is 0 Å². The molecule has 2 aliphatic rings. The average molecular weight is 284 g/mol. The average Bonchev–Trinajstić information content (AvgIpc) is 2.99. The molecule has 4 heteroatoms. The van der Waals surface area contributed by atoms with E-state index in [4.69, 9.17) is 0 Å². The van der Waals surface area contributed by atoms with Crippen molar-refractivity contribution < 1.29 is 9.18 Å². The Balaban J connectivity index is 2.20. The zero-order valence-corrected chi connectivity index (χ0v) is 10.5. The van der Waals surface area contributed by atoms with Crippen molar-refractivity contribution in [3.8, 4) is 0 Å². The summed E-state index contributed by atoms with van der Waals surface area (Å²) < 4.78 is 14.8. The lowest BCUT2D eigenvalue weighted by Gasteiger charge is -2.17. The molecule has 1 aliphatic heterocycles. The van der Waals surface area contributed by atoms with Gasteiger partial charge in [-0.15, -0.1) is 0 Å². The second-order valence-corrected chi connectivity index (χ2v) is 5.28. The number of carbonyl (C=O) groups excluding carboxylic acids is 1. The number of nitrogens with zero attached hydrogens (tertiary/aromatic N) is 1. The molecule has 0 unspecified atom stereocenters. The van der Waals surface area contributed by atoms with Crippen LogP contribution in [0.5, 0.6) is 0 Å². The third-order valence-electron chi connectivity index (χ3n) is 3.22. The first kappa shape index (κ1) is 10.3. The Morgan fingerprint density at radius 2 is 2.19 bits per heavy atom. The van der Waals surface area contributed by atoms with Gasteiger partial charge < -0.3 is 4.90 Å². The number of anilines is 1. The molecule has 1 aromatic carbocycles. The fourth-order valence-corrected chi connectivity index (χ4v) is 2.75. The minimum Gasteiger partial charge on any atom is -0.306 e. The van der Waals surface area contributed by atoms with Crippen LogP contribution in [0.15, 0.2) is 10.5 Å². The monoisotopic (exact) mass is 283 g/mol. The van der Waals surface area contributed by atoms with Crippen molar-refractivity contribution >= 4 is 27.5 Å². The van der Waals surface area contributed by atoms with E-state index in [1.54, 1.807) is 4.90 Å². The molecule has 0 spiro atoms. The standard InChI is InChI=1S/C12H11BrFNO/c1-6-4-9(14)12-8(11(6)13)5-10(16)15(12)7-2-3-7/h4,7H,2-3,5H2,1H3. The molecule has 16 heavy (non-hydrogen) atoms. The number of fused-ring (bicyclic) bond motifs is 1. The van der Waals surface area contributed by atoms with Crippen LogP contribution in [0.1, 0.15) is 24.0 Å². The minimum absolute atomic E-state index is 0.0303. The molecule has 0 saturated heterocycles. The third-order valence-corrected chi connectivity index (χ3v) is 4.32. The number of aryl methyl sites for hydroxylation is 1. The normalized spacial score (nSPS) is 19.2. The number of amides is 1. The summed E-state index contributed by atoms with van der Waals surface area (Å²) in [7, 11) is 0. The Morgan fingerprint density at radius 1 is 1.50 bits per heavy atom. The lowest BCUT2D eigenvalue weighted by Crippen LogP contribution is -2.29. The fraction of sp³-hybridized carbons (Fsp3) is 0.417. The van der Waals surface area contributed by atoms with Gasteiger partial charge in [0, 0.05) is 16.1 Å². The molecule has 0 radical (unpaired) electrons. The highest BCUT2D eigenvalue weighted by Crippen LogP contribution is 2.43. The summed E-state index contributed by atoms with van der Waals surface area (Å²) in [5.74, 6) is -0.240. The van der Waals surface area contributed by atoms with Gasteiger partial charge in [-0.05, 0) is 31.4 Å². The smallest absolute Gasteiger partial charge is 0.231 e. The first-order chi connectivity index (χ1) is 7.59. The van der Waals surface area contributed by atoms with Crippen LogP contribution in [-0.2, 0) is 11.2 Å². The molecule has 84 valence electrons. The number of halogens is 2. The van der Waals surface area contributed by atoms with Gasteiger partial charge in [-0.2, -0.15) is 0 Å². The van der Waals surface area contributed by atoms with Crippen LogP contribution in [0.25, 0.3) is 0 Å². The van der Waals surface area contributed by atoms with Crippen molar-refractivity contribution in [2.75, 3.05) is 4.90 Å². The Bertz CT molecular complexity index is 496. The summed E-state index contributed by atoms with van der Waals surface area (Å²) in [6.45, 7) is 1.84. The molecular formula is C12H11BrFNO. The lowest BCUT2D eigenvalue weighted by atomic mass is 10.1. The van der Waals surface area contributed by atoms with E-state index in [1.807, 2.05) is 6.92 Å². The van der Waals surface area contributed by atoms with Crippen molar-refractivity contribution in [1.29, 1.82) is 0 Å². The zero-order valence-electron chi connectivity index (χ0n) is 8.89. The molecule has 1 saturated carbocycles. The van der Waals surface area contributed by atoms with Gasteiger partial charge in [0.05, 0.1) is 12.1 Å². The highest BCUT2D eigenvalue weighted by Gasteiger charge is 2.41. The molecule has 2 nitrogen and oxygen atoms in total. The number of benzene rings is 1. The van der Waals surface area contributed by atoms with Crippen LogP contribution in [0, 0.1) is 12.7 Å². The van der Waals surface area contributed by atoms with Gasteiger partial charge in [-0.25, -0.2) is 4.39 Å². The number of carbonyl (C=O) groups is 1. The molecule has 0 N–H and O–H groups in total. The molecule has 0 bridgehead atoms. The van der Waals surface area contributed by atoms with Gasteiger partial charge in [-0.3, -0.25) is 4.79 Å². The van der Waals surface area contributed by atoms with Gasteiger partial charge in [0.25, 0.3) is 0 Å². The Hall–Kier alpha value is -0.900. The van der Waals surface area contributed by atoms with Gasteiger partial charge >= 0.3 is 0 Å². The minimum atomic E-state index is -0.270. The largest absolute Gasteiger partial charge is 0.306 e. The topological polar surface area (TPSA) is 20.3 Å². The van der Waals surface area contributed by atoms with E-state index in [1.165, 1.54) is 6.07 Å². The molecular weight excluding hydrogens is 273 g/mol. The molecule has 1 aliphatic carbocycles.